The first kappa shape index (κ1) is 19.8. The monoisotopic (exact) mass is 251 g/mol. The van der Waals surface area contributed by atoms with E-state index in [0.29, 0.717) is 0 Å². The Balaban J connectivity index is -0.00000112. The van der Waals surface area contributed by atoms with Crippen molar-refractivity contribution in [3.8, 4) is 0 Å². The van der Waals surface area contributed by atoms with Crippen LogP contribution in [0, 0.1) is 0 Å². The molecule has 3 heteroatoms. The van der Waals surface area contributed by atoms with Crippen molar-refractivity contribution in [1.82, 2.24) is 5.32 Å². The number of nitrogens with one attached hydrogen (secondary N) is 1. The fourth-order valence-corrected chi connectivity index (χ4v) is 1.88. The van der Waals surface area contributed by atoms with Crippen LogP contribution in [-0.2, 0) is 4.79 Å². The Morgan fingerprint density at radius 2 is 1.29 bits per heavy atom. The third-order valence-corrected chi connectivity index (χ3v) is 2.90. The Kier molecular flexibility index (Phi) is 19.2. The summed E-state index contributed by atoms with van der Waals surface area (Å²) >= 11 is 0. The quantitative estimate of drug-likeness (QED) is 0.433. The molecule has 0 heterocycles. The maximum Gasteiger partial charge on any atom is 1.00 e. The van der Waals surface area contributed by atoms with Gasteiger partial charge in [0.1, 0.15) is 0 Å². The van der Waals surface area contributed by atoms with Gasteiger partial charge in [-0.2, -0.15) is 0 Å². The fourth-order valence-electron chi connectivity index (χ4n) is 1.88. The maximum atomic E-state index is 10.6. The molecule has 0 aliphatic rings. The number of hydrogen-bond donors (Lipinski definition) is 1. The van der Waals surface area contributed by atoms with E-state index < -0.39 is 0 Å². The van der Waals surface area contributed by atoms with Gasteiger partial charge in [-0.25, -0.2) is 0 Å². The molecular formula is C14H30NNaO. The molecule has 0 saturated carbocycles. The van der Waals surface area contributed by atoms with Crippen molar-refractivity contribution in [3.05, 3.63) is 0 Å². The molecule has 0 aromatic heterocycles. The van der Waals surface area contributed by atoms with Crippen molar-refractivity contribution >= 4 is 5.91 Å². The topological polar surface area (TPSA) is 29.1 Å². The molecule has 0 rings (SSSR count). The number of carbonyl (C=O) groups is 1. The van der Waals surface area contributed by atoms with Gasteiger partial charge >= 0.3 is 29.6 Å². The van der Waals surface area contributed by atoms with Crippen LogP contribution in [0.4, 0.5) is 0 Å². The van der Waals surface area contributed by atoms with Gasteiger partial charge in [-0.05, 0) is 6.42 Å². The smallest absolute Gasteiger partial charge is 1.00 e. The molecule has 0 aromatic carbocycles. The molecule has 0 unspecified atom stereocenters. The van der Waals surface area contributed by atoms with Crippen LogP contribution >= 0.6 is 0 Å². The SMILES string of the molecule is CCCCCCCCCCCCNC(C)=O.[H-].[Na+]. The van der Waals surface area contributed by atoms with E-state index in [2.05, 4.69) is 12.2 Å². The zero-order chi connectivity index (χ0) is 12.1. The van der Waals surface area contributed by atoms with Crippen molar-refractivity contribution in [2.45, 2.75) is 78.1 Å². The second-order valence-corrected chi connectivity index (χ2v) is 4.66. The number of hydrogen-bond acceptors (Lipinski definition) is 1. The predicted octanol–water partition coefficient (Wildman–Crippen LogP) is 1.16. The van der Waals surface area contributed by atoms with E-state index in [0.717, 1.165) is 13.0 Å². The Hall–Kier alpha value is 0.470. The maximum absolute atomic E-state index is 10.6. The molecular weight excluding hydrogens is 221 g/mol. The first-order valence-corrected chi connectivity index (χ1v) is 7.01. The molecule has 0 fully saturated rings. The van der Waals surface area contributed by atoms with E-state index in [9.17, 15) is 4.79 Å². The van der Waals surface area contributed by atoms with Gasteiger partial charge in [-0.3, -0.25) is 4.79 Å². The molecule has 98 valence electrons. The number of amides is 1. The zero-order valence-electron chi connectivity index (χ0n) is 13.2. The average Bonchev–Trinajstić information content (AvgIpc) is 2.25. The van der Waals surface area contributed by atoms with Gasteiger partial charge in [0, 0.05) is 13.5 Å². The van der Waals surface area contributed by atoms with E-state index in [1.54, 1.807) is 6.92 Å². The van der Waals surface area contributed by atoms with Gasteiger partial charge in [0.2, 0.25) is 5.91 Å². The van der Waals surface area contributed by atoms with Crippen LogP contribution in [0.1, 0.15) is 79.5 Å². The standard InChI is InChI=1S/C14H29NO.Na.H/c1-3-4-5-6-7-8-9-10-11-12-13-15-14(2)16;;/h3-13H2,1-2H3,(H,15,16);;/q;+1;-1. The molecule has 0 atom stereocenters. The summed E-state index contributed by atoms with van der Waals surface area (Å²) in [4.78, 5) is 10.6. The van der Waals surface area contributed by atoms with Gasteiger partial charge in [-0.1, -0.05) is 64.7 Å². The van der Waals surface area contributed by atoms with Gasteiger partial charge in [0.15, 0.2) is 0 Å². The summed E-state index contributed by atoms with van der Waals surface area (Å²) in [6, 6.07) is 0. The summed E-state index contributed by atoms with van der Waals surface area (Å²) in [7, 11) is 0. The molecule has 1 N–H and O–H groups in total. The number of unbranched alkanes of at least 4 members (excludes halogenated alkanes) is 9. The minimum absolute atomic E-state index is 0. The van der Waals surface area contributed by atoms with Crippen LogP contribution in [0.3, 0.4) is 0 Å². The van der Waals surface area contributed by atoms with Crippen molar-refractivity contribution in [3.63, 3.8) is 0 Å². The second kappa shape index (κ2) is 16.5. The van der Waals surface area contributed by atoms with Crippen LogP contribution < -0.4 is 34.9 Å². The normalized spacial score (nSPS) is 9.76. The van der Waals surface area contributed by atoms with Crippen molar-refractivity contribution < 1.29 is 35.8 Å². The van der Waals surface area contributed by atoms with Crippen LogP contribution in [0.15, 0.2) is 0 Å². The van der Waals surface area contributed by atoms with E-state index in [1.807, 2.05) is 0 Å². The zero-order valence-corrected chi connectivity index (χ0v) is 14.2. The number of rotatable bonds is 11. The van der Waals surface area contributed by atoms with Crippen molar-refractivity contribution in [2.75, 3.05) is 6.54 Å². The van der Waals surface area contributed by atoms with Gasteiger partial charge in [-0.15, -0.1) is 0 Å². The Bertz CT molecular complexity index is 168. The second-order valence-electron chi connectivity index (χ2n) is 4.66. The molecule has 0 bridgehead atoms. The molecule has 0 radical (unpaired) electrons. The first-order chi connectivity index (χ1) is 7.77. The van der Waals surface area contributed by atoms with Crippen LogP contribution in [0.5, 0.6) is 0 Å². The third-order valence-electron chi connectivity index (χ3n) is 2.90. The van der Waals surface area contributed by atoms with E-state index in [4.69, 9.17) is 0 Å². The molecule has 17 heavy (non-hydrogen) atoms. The third kappa shape index (κ3) is 19.0. The van der Waals surface area contributed by atoms with Gasteiger partial charge < -0.3 is 6.74 Å². The summed E-state index contributed by atoms with van der Waals surface area (Å²) in [5, 5.41) is 2.83. The molecule has 0 saturated heterocycles. The summed E-state index contributed by atoms with van der Waals surface area (Å²) in [6.45, 7) is 4.69. The average molecular weight is 251 g/mol. The Morgan fingerprint density at radius 1 is 0.882 bits per heavy atom. The van der Waals surface area contributed by atoms with E-state index in [-0.39, 0.29) is 36.9 Å². The summed E-state index contributed by atoms with van der Waals surface area (Å²) in [5.41, 5.74) is 0. The Labute approximate surface area is 131 Å². The minimum atomic E-state index is 0. The van der Waals surface area contributed by atoms with Gasteiger partial charge in [0.25, 0.3) is 0 Å². The largest absolute Gasteiger partial charge is 1.00 e. The number of carbonyl (C=O) groups excluding carboxylic acids is 1. The van der Waals surface area contributed by atoms with E-state index in [1.165, 1.54) is 57.8 Å². The molecule has 2 nitrogen and oxygen atoms in total. The van der Waals surface area contributed by atoms with Crippen LogP contribution in [0.2, 0.25) is 0 Å². The van der Waals surface area contributed by atoms with Crippen LogP contribution in [0.25, 0.3) is 0 Å². The molecule has 0 aromatic rings. The minimum Gasteiger partial charge on any atom is -1.00 e. The molecule has 0 spiro atoms. The first-order valence-electron chi connectivity index (χ1n) is 7.01. The summed E-state index contributed by atoms with van der Waals surface area (Å²) in [5.74, 6) is 0.0934. The van der Waals surface area contributed by atoms with E-state index >= 15 is 0 Å². The Morgan fingerprint density at radius 3 is 1.71 bits per heavy atom. The molecule has 0 aliphatic carbocycles. The summed E-state index contributed by atoms with van der Waals surface area (Å²) in [6.07, 6.45) is 13.5. The van der Waals surface area contributed by atoms with Crippen molar-refractivity contribution in [1.29, 1.82) is 0 Å². The summed E-state index contributed by atoms with van der Waals surface area (Å²) < 4.78 is 0. The fraction of sp³-hybridized carbons (Fsp3) is 0.929. The van der Waals surface area contributed by atoms with Gasteiger partial charge in [0.05, 0.1) is 0 Å². The predicted molar refractivity (Wildman–Crippen MR) is 71.6 cm³/mol. The molecule has 0 aliphatic heterocycles. The van der Waals surface area contributed by atoms with Crippen LogP contribution in [-0.4, -0.2) is 12.5 Å². The molecule has 1 amide bonds. The van der Waals surface area contributed by atoms with Crippen molar-refractivity contribution in [2.24, 2.45) is 0 Å².